The van der Waals surface area contributed by atoms with Crippen molar-refractivity contribution in [3.05, 3.63) is 27.2 Å². The SMILES string of the molecule is COC(=O)Nc1cc(Cl)c(Cl)c(Cl)c1. The first kappa shape index (κ1) is 11.4. The number of rotatable bonds is 1. The van der Waals surface area contributed by atoms with Crippen molar-refractivity contribution in [1.82, 2.24) is 0 Å². The molecular weight excluding hydrogens is 248 g/mol. The topological polar surface area (TPSA) is 38.3 Å². The molecule has 0 unspecified atom stereocenters. The van der Waals surface area contributed by atoms with Crippen molar-refractivity contribution in [2.24, 2.45) is 0 Å². The molecule has 1 rings (SSSR count). The van der Waals surface area contributed by atoms with Crippen LogP contribution in [0.5, 0.6) is 0 Å². The van der Waals surface area contributed by atoms with Gasteiger partial charge >= 0.3 is 6.09 Å². The molecule has 6 heteroatoms. The van der Waals surface area contributed by atoms with Crippen LogP contribution in [-0.4, -0.2) is 13.2 Å². The van der Waals surface area contributed by atoms with Crippen molar-refractivity contribution in [3.63, 3.8) is 0 Å². The second-order valence-corrected chi connectivity index (χ2v) is 3.56. The number of halogens is 3. The van der Waals surface area contributed by atoms with Gasteiger partial charge in [-0.2, -0.15) is 0 Å². The maximum absolute atomic E-state index is 10.8. The number of hydrogen-bond acceptors (Lipinski definition) is 2. The number of ether oxygens (including phenoxy) is 1. The van der Waals surface area contributed by atoms with E-state index in [0.717, 1.165) is 0 Å². The van der Waals surface area contributed by atoms with Crippen molar-refractivity contribution in [2.75, 3.05) is 12.4 Å². The van der Waals surface area contributed by atoms with Crippen LogP contribution >= 0.6 is 34.8 Å². The third-order valence-electron chi connectivity index (χ3n) is 1.42. The van der Waals surface area contributed by atoms with E-state index in [2.05, 4.69) is 10.1 Å². The first-order valence-corrected chi connectivity index (χ1v) is 4.67. The van der Waals surface area contributed by atoms with Gasteiger partial charge in [0.1, 0.15) is 0 Å². The normalized spacial score (nSPS) is 9.71. The lowest BCUT2D eigenvalue weighted by Crippen LogP contribution is -2.10. The highest BCUT2D eigenvalue weighted by molar-refractivity contribution is 6.48. The summed E-state index contributed by atoms with van der Waals surface area (Å²) in [5, 5.41) is 3.20. The Bertz CT molecular complexity index is 345. The largest absolute Gasteiger partial charge is 0.453 e. The standard InChI is InChI=1S/C8H6Cl3NO2/c1-14-8(13)12-4-2-5(9)7(11)6(10)3-4/h2-3H,1H3,(H,12,13). The Hall–Kier alpha value is -0.640. The van der Waals surface area contributed by atoms with Crippen LogP contribution in [0.2, 0.25) is 15.1 Å². The summed E-state index contributed by atoms with van der Waals surface area (Å²) in [5.74, 6) is 0. The number of hydrogen-bond donors (Lipinski definition) is 1. The number of carbonyl (C=O) groups is 1. The predicted molar refractivity (Wildman–Crippen MR) is 57.5 cm³/mol. The van der Waals surface area contributed by atoms with Crippen molar-refractivity contribution in [3.8, 4) is 0 Å². The summed E-state index contributed by atoms with van der Waals surface area (Å²) in [5.41, 5.74) is 0.427. The molecule has 0 saturated carbocycles. The summed E-state index contributed by atoms with van der Waals surface area (Å²) >= 11 is 17.2. The van der Waals surface area contributed by atoms with Gasteiger partial charge in [0.15, 0.2) is 0 Å². The summed E-state index contributed by atoms with van der Waals surface area (Å²) in [4.78, 5) is 10.8. The molecule has 1 amide bonds. The zero-order valence-electron chi connectivity index (χ0n) is 7.11. The number of anilines is 1. The summed E-state index contributed by atoms with van der Waals surface area (Å²) in [7, 11) is 1.26. The van der Waals surface area contributed by atoms with Crippen LogP contribution in [0.25, 0.3) is 0 Å². The lowest BCUT2D eigenvalue weighted by atomic mass is 10.3. The van der Waals surface area contributed by atoms with Gasteiger partial charge in [0, 0.05) is 5.69 Å². The molecule has 1 aromatic rings. The van der Waals surface area contributed by atoms with E-state index in [-0.39, 0.29) is 15.1 Å². The molecule has 1 N–H and O–H groups in total. The fourth-order valence-electron chi connectivity index (χ4n) is 0.797. The van der Waals surface area contributed by atoms with Crippen molar-refractivity contribution in [2.45, 2.75) is 0 Å². The smallest absolute Gasteiger partial charge is 0.411 e. The Kier molecular flexibility index (Phi) is 3.86. The molecule has 0 radical (unpaired) electrons. The number of carbonyl (C=O) groups excluding carboxylic acids is 1. The van der Waals surface area contributed by atoms with E-state index < -0.39 is 6.09 Å². The Morgan fingerprint density at radius 3 is 2.21 bits per heavy atom. The Morgan fingerprint density at radius 1 is 1.29 bits per heavy atom. The molecule has 76 valence electrons. The Labute approximate surface area is 95.9 Å². The molecule has 0 aliphatic carbocycles. The summed E-state index contributed by atoms with van der Waals surface area (Å²) in [6.07, 6.45) is -0.598. The van der Waals surface area contributed by atoms with Crippen molar-refractivity contribution in [1.29, 1.82) is 0 Å². The number of benzene rings is 1. The minimum absolute atomic E-state index is 0.253. The van der Waals surface area contributed by atoms with E-state index in [1.807, 2.05) is 0 Å². The molecule has 0 bridgehead atoms. The van der Waals surface area contributed by atoms with E-state index in [1.54, 1.807) is 0 Å². The fraction of sp³-hybridized carbons (Fsp3) is 0.125. The van der Waals surface area contributed by atoms with Gasteiger partial charge in [-0.1, -0.05) is 34.8 Å². The van der Waals surface area contributed by atoms with E-state index in [0.29, 0.717) is 5.69 Å². The average molecular weight is 254 g/mol. The van der Waals surface area contributed by atoms with Gasteiger partial charge in [0.05, 0.1) is 22.2 Å². The average Bonchev–Trinajstić information content (AvgIpc) is 2.14. The highest BCUT2D eigenvalue weighted by Gasteiger charge is 2.07. The molecule has 0 aromatic heterocycles. The highest BCUT2D eigenvalue weighted by Crippen LogP contribution is 2.33. The van der Waals surface area contributed by atoms with Gasteiger partial charge in [-0.3, -0.25) is 5.32 Å². The van der Waals surface area contributed by atoms with Gasteiger partial charge in [-0.05, 0) is 12.1 Å². The molecule has 0 aliphatic heterocycles. The number of nitrogens with one attached hydrogen (secondary N) is 1. The van der Waals surface area contributed by atoms with Gasteiger partial charge in [0.2, 0.25) is 0 Å². The van der Waals surface area contributed by atoms with E-state index in [4.69, 9.17) is 34.8 Å². The van der Waals surface area contributed by atoms with Crippen LogP contribution in [0, 0.1) is 0 Å². The van der Waals surface area contributed by atoms with Gasteiger partial charge < -0.3 is 4.74 Å². The molecule has 0 fully saturated rings. The van der Waals surface area contributed by atoms with Crippen LogP contribution in [0.3, 0.4) is 0 Å². The van der Waals surface area contributed by atoms with Crippen LogP contribution in [0.4, 0.5) is 10.5 Å². The zero-order valence-corrected chi connectivity index (χ0v) is 9.37. The lowest BCUT2D eigenvalue weighted by Gasteiger charge is -2.06. The molecule has 0 saturated heterocycles. The fourth-order valence-corrected chi connectivity index (χ4v) is 1.39. The highest BCUT2D eigenvalue weighted by atomic mass is 35.5. The molecule has 3 nitrogen and oxygen atoms in total. The molecule has 0 atom stereocenters. The number of methoxy groups -OCH3 is 1. The number of amides is 1. The molecule has 0 aliphatic rings. The minimum Gasteiger partial charge on any atom is -0.453 e. The van der Waals surface area contributed by atoms with E-state index in [9.17, 15) is 4.79 Å². The molecule has 1 aromatic carbocycles. The third-order valence-corrected chi connectivity index (χ3v) is 2.61. The van der Waals surface area contributed by atoms with Gasteiger partial charge in [0.25, 0.3) is 0 Å². The Morgan fingerprint density at radius 2 is 1.79 bits per heavy atom. The quantitative estimate of drug-likeness (QED) is 0.774. The first-order chi connectivity index (χ1) is 6.54. The second-order valence-electron chi connectivity index (χ2n) is 2.37. The van der Waals surface area contributed by atoms with Gasteiger partial charge in [-0.15, -0.1) is 0 Å². The van der Waals surface area contributed by atoms with Crippen molar-refractivity contribution >= 4 is 46.6 Å². The maximum atomic E-state index is 10.8. The van der Waals surface area contributed by atoms with Crippen LogP contribution < -0.4 is 5.32 Å². The molecular formula is C8H6Cl3NO2. The Balaban J connectivity index is 2.95. The maximum Gasteiger partial charge on any atom is 0.411 e. The monoisotopic (exact) mass is 253 g/mol. The van der Waals surface area contributed by atoms with Crippen LogP contribution in [-0.2, 0) is 4.74 Å². The van der Waals surface area contributed by atoms with Crippen LogP contribution in [0.15, 0.2) is 12.1 Å². The van der Waals surface area contributed by atoms with Crippen LogP contribution in [0.1, 0.15) is 0 Å². The van der Waals surface area contributed by atoms with Gasteiger partial charge in [-0.25, -0.2) is 4.79 Å². The summed E-state index contributed by atoms with van der Waals surface area (Å²) in [6.45, 7) is 0. The third kappa shape index (κ3) is 2.67. The predicted octanol–water partition coefficient (Wildman–Crippen LogP) is 3.83. The lowest BCUT2D eigenvalue weighted by molar-refractivity contribution is 0.187. The summed E-state index contributed by atoms with van der Waals surface area (Å²) < 4.78 is 4.39. The molecule has 0 heterocycles. The minimum atomic E-state index is -0.598. The van der Waals surface area contributed by atoms with Crippen molar-refractivity contribution < 1.29 is 9.53 Å². The molecule has 0 spiro atoms. The van der Waals surface area contributed by atoms with E-state index in [1.165, 1.54) is 19.2 Å². The second kappa shape index (κ2) is 4.73. The molecule has 14 heavy (non-hydrogen) atoms. The summed E-state index contributed by atoms with van der Waals surface area (Å²) in [6, 6.07) is 2.96. The first-order valence-electron chi connectivity index (χ1n) is 3.54. The van der Waals surface area contributed by atoms with E-state index >= 15 is 0 Å². The zero-order chi connectivity index (χ0) is 10.7.